The molecule has 1 saturated carbocycles. The van der Waals surface area contributed by atoms with Gasteiger partial charge in [0.05, 0.1) is 0 Å². The Morgan fingerprint density at radius 1 is 1.24 bits per heavy atom. The van der Waals surface area contributed by atoms with Crippen LogP contribution in [0.1, 0.15) is 31.2 Å². The molecule has 21 heavy (non-hydrogen) atoms. The molecule has 2 atom stereocenters. The van der Waals surface area contributed by atoms with Crippen LogP contribution in [-0.2, 0) is 4.79 Å². The van der Waals surface area contributed by atoms with Gasteiger partial charge in [0.2, 0.25) is 5.91 Å². The van der Waals surface area contributed by atoms with Gasteiger partial charge in [-0.05, 0) is 43.0 Å². The zero-order chi connectivity index (χ0) is 14.5. The van der Waals surface area contributed by atoms with E-state index in [9.17, 15) is 13.6 Å². The van der Waals surface area contributed by atoms with Gasteiger partial charge in [0.1, 0.15) is 0 Å². The number of carbonyl (C=O) groups is 1. The van der Waals surface area contributed by atoms with Crippen LogP contribution in [0.5, 0.6) is 0 Å². The molecular formula is C15H21ClF2N2O. The lowest BCUT2D eigenvalue weighted by atomic mass is 10.1. The summed E-state index contributed by atoms with van der Waals surface area (Å²) in [6.45, 7) is 4.38. The smallest absolute Gasteiger partial charge is 0.223 e. The van der Waals surface area contributed by atoms with Crippen LogP contribution >= 0.6 is 12.4 Å². The molecule has 0 radical (unpaired) electrons. The highest BCUT2D eigenvalue weighted by atomic mass is 35.5. The maximum absolute atomic E-state index is 13.1. The number of nitrogens with one attached hydrogen (secondary N) is 2. The summed E-state index contributed by atoms with van der Waals surface area (Å²) < 4.78 is 26.0. The average Bonchev–Trinajstić information content (AvgIpc) is 3.22. The minimum atomic E-state index is -0.850. The van der Waals surface area contributed by atoms with E-state index in [0.29, 0.717) is 18.5 Å². The van der Waals surface area contributed by atoms with Crippen molar-refractivity contribution >= 4 is 18.3 Å². The second kappa shape index (κ2) is 8.29. The SMILES string of the molecule is CCCNCCNC(=O)C1CC1c1ccc(F)c(F)c1.Cl. The second-order valence-corrected chi connectivity index (χ2v) is 5.16. The fourth-order valence-electron chi connectivity index (χ4n) is 2.30. The summed E-state index contributed by atoms with van der Waals surface area (Å²) in [7, 11) is 0. The van der Waals surface area contributed by atoms with E-state index < -0.39 is 11.6 Å². The van der Waals surface area contributed by atoms with Gasteiger partial charge >= 0.3 is 0 Å². The van der Waals surface area contributed by atoms with E-state index >= 15 is 0 Å². The van der Waals surface area contributed by atoms with E-state index in [1.807, 2.05) is 0 Å². The van der Waals surface area contributed by atoms with Crippen molar-refractivity contribution < 1.29 is 13.6 Å². The normalized spacial score (nSPS) is 19.8. The maximum Gasteiger partial charge on any atom is 0.223 e. The molecule has 6 heteroatoms. The Labute approximate surface area is 129 Å². The molecule has 0 heterocycles. The fourth-order valence-corrected chi connectivity index (χ4v) is 2.30. The van der Waals surface area contributed by atoms with Gasteiger partial charge in [0.25, 0.3) is 0 Å². The molecule has 0 aromatic heterocycles. The largest absolute Gasteiger partial charge is 0.355 e. The first-order valence-corrected chi connectivity index (χ1v) is 7.07. The number of amides is 1. The summed E-state index contributed by atoms with van der Waals surface area (Å²) >= 11 is 0. The molecule has 0 spiro atoms. The van der Waals surface area contributed by atoms with Gasteiger partial charge in [-0.1, -0.05) is 13.0 Å². The number of carbonyl (C=O) groups excluding carboxylic acids is 1. The lowest BCUT2D eigenvalue weighted by Crippen LogP contribution is -2.33. The predicted molar refractivity (Wildman–Crippen MR) is 80.6 cm³/mol. The average molecular weight is 319 g/mol. The van der Waals surface area contributed by atoms with Gasteiger partial charge in [-0.2, -0.15) is 0 Å². The Morgan fingerprint density at radius 3 is 2.67 bits per heavy atom. The quantitative estimate of drug-likeness (QED) is 0.759. The Morgan fingerprint density at radius 2 is 2.00 bits per heavy atom. The van der Waals surface area contributed by atoms with Gasteiger partial charge in [-0.3, -0.25) is 4.79 Å². The highest BCUT2D eigenvalue weighted by molar-refractivity contribution is 5.85. The maximum atomic E-state index is 13.1. The molecular weight excluding hydrogens is 298 g/mol. The predicted octanol–water partition coefficient (Wildman–Crippen LogP) is 2.61. The molecule has 1 aliphatic rings. The number of benzene rings is 1. The van der Waals surface area contributed by atoms with Crippen LogP contribution < -0.4 is 10.6 Å². The summed E-state index contributed by atoms with van der Waals surface area (Å²) in [5, 5.41) is 6.06. The highest BCUT2D eigenvalue weighted by Crippen LogP contribution is 2.47. The summed E-state index contributed by atoms with van der Waals surface area (Å²) in [4.78, 5) is 11.9. The Kier molecular flexibility index (Phi) is 7.05. The van der Waals surface area contributed by atoms with E-state index in [2.05, 4.69) is 17.6 Å². The first kappa shape index (κ1) is 17.9. The zero-order valence-electron chi connectivity index (χ0n) is 12.0. The Bertz CT molecular complexity index is 485. The first-order chi connectivity index (χ1) is 9.63. The lowest BCUT2D eigenvalue weighted by Gasteiger charge is -2.06. The van der Waals surface area contributed by atoms with Crippen molar-refractivity contribution in [3.05, 3.63) is 35.4 Å². The van der Waals surface area contributed by atoms with Crippen LogP contribution in [0.3, 0.4) is 0 Å². The van der Waals surface area contributed by atoms with Crippen molar-refractivity contribution in [3.63, 3.8) is 0 Å². The standard InChI is InChI=1S/C15H20F2N2O.ClH/c1-2-5-18-6-7-19-15(20)12-9-11(12)10-3-4-13(16)14(17)8-10;/h3-4,8,11-12,18H,2,5-7,9H2,1H3,(H,19,20);1H. The van der Waals surface area contributed by atoms with Gasteiger partial charge in [0, 0.05) is 19.0 Å². The molecule has 0 bridgehead atoms. The third-order valence-electron chi connectivity index (χ3n) is 3.53. The number of rotatable bonds is 7. The van der Waals surface area contributed by atoms with Gasteiger partial charge in [-0.15, -0.1) is 12.4 Å². The molecule has 0 saturated heterocycles. The second-order valence-electron chi connectivity index (χ2n) is 5.16. The molecule has 2 rings (SSSR count). The molecule has 1 aliphatic carbocycles. The highest BCUT2D eigenvalue weighted by Gasteiger charge is 2.43. The number of hydrogen-bond donors (Lipinski definition) is 2. The van der Waals surface area contributed by atoms with Crippen LogP contribution in [0.25, 0.3) is 0 Å². The van der Waals surface area contributed by atoms with E-state index in [4.69, 9.17) is 0 Å². The van der Waals surface area contributed by atoms with Crippen molar-refractivity contribution in [2.45, 2.75) is 25.7 Å². The van der Waals surface area contributed by atoms with E-state index in [0.717, 1.165) is 25.6 Å². The van der Waals surface area contributed by atoms with Gasteiger partial charge < -0.3 is 10.6 Å². The number of hydrogen-bond acceptors (Lipinski definition) is 2. The van der Waals surface area contributed by atoms with E-state index in [1.54, 1.807) is 6.07 Å². The third kappa shape index (κ3) is 4.93. The molecule has 3 nitrogen and oxygen atoms in total. The fraction of sp³-hybridized carbons (Fsp3) is 0.533. The van der Waals surface area contributed by atoms with Crippen molar-refractivity contribution in [1.29, 1.82) is 0 Å². The van der Waals surface area contributed by atoms with Crippen molar-refractivity contribution in [2.24, 2.45) is 5.92 Å². The summed E-state index contributed by atoms with van der Waals surface area (Å²) in [6, 6.07) is 3.86. The minimum Gasteiger partial charge on any atom is -0.355 e. The van der Waals surface area contributed by atoms with Crippen LogP contribution in [0.4, 0.5) is 8.78 Å². The summed E-state index contributed by atoms with van der Waals surface area (Å²) in [6.07, 6.45) is 1.77. The van der Waals surface area contributed by atoms with E-state index in [1.165, 1.54) is 6.07 Å². The molecule has 1 amide bonds. The van der Waals surface area contributed by atoms with Crippen molar-refractivity contribution in [2.75, 3.05) is 19.6 Å². The van der Waals surface area contributed by atoms with Crippen molar-refractivity contribution in [1.82, 2.24) is 10.6 Å². The van der Waals surface area contributed by atoms with Crippen LogP contribution in [0, 0.1) is 17.6 Å². The molecule has 0 aliphatic heterocycles. The minimum absolute atomic E-state index is 0. The summed E-state index contributed by atoms with van der Waals surface area (Å²) in [5.74, 6) is -1.78. The topological polar surface area (TPSA) is 41.1 Å². The van der Waals surface area contributed by atoms with Crippen LogP contribution in [0.15, 0.2) is 18.2 Å². The summed E-state index contributed by atoms with van der Waals surface area (Å²) in [5.41, 5.74) is 0.702. The lowest BCUT2D eigenvalue weighted by molar-refractivity contribution is -0.122. The van der Waals surface area contributed by atoms with Gasteiger partial charge in [-0.25, -0.2) is 8.78 Å². The molecule has 118 valence electrons. The van der Waals surface area contributed by atoms with Crippen LogP contribution in [-0.4, -0.2) is 25.5 Å². The van der Waals surface area contributed by atoms with Crippen LogP contribution in [0.2, 0.25) is 0 Å². The third-order valence-corrected chi connectivity index (χ3v) is 3.53. The molecule has 2 unspecified atom stereocenters. The Hall–Kier alpha value is -1.20. The molecule has 1 aromatic carbocycles. The van der Waals surface area contributed by atoms with Crippen molar-refractivity contribution in [3.8, 4) is 0 Å². The zero-order valence-corrected chi connectivity index (χ0v) is 12.8. The van der Waals surface area contributed by atoms with Gasteiger partial charge in [0.15, 0.2) is 11.6 Å². The Balaban J connectivity index is 0.00000220. The van der Waals surface area contributed by atoms with E-state index in [-0.39, 0.29) is 30.2 Å². The first-order valence-electron chi connectivity index (χ1n) is 7.07. The molecule has 1 aromatic rings. The molecule has 1 fully saturated rings. The molecule has 2 N–H and O–H groups in total. The monoisotopic (exact) mass is 318 g/mol. The number of halogens is 3.